The van der Waals surface area contributed by atoms with Gasteiger partial charge in [0.2, 0.25) is 0 Å². The predicted molar refractivity (Wildman–Crippen MR) is 117 cm³/mol. The number of rotatable bonds is 9. The van der Waals surface area contributed by atoms with Crippen molar-refractivity contribution in [1.29, 1.82) is 0 Å². The lowest BCUT2D eigenvalue weighted by Crippen LogP contribution is -2.35. The van der Waals surface area contributed by atoms with Crippen molar-refractivity contribution in [3.8, 4) is 5.75 Å². The zero-order valence-electron chi connectivity index (χ0n) is 18.1. The summed E-state index contributed by atoms with van der Waals surface area (Å²) < 4.78 is 24.5. The third-order valence-electron chi connectivity index (χ3n) is 4.56. The third kappa shape index (κ3) is 5.49. The number of carbonyl (C=O) groups excluding carboxylic acids is 2. The first-order valence-electron chi connectivity index (χ1n) is 10.3. The Bertz CT molecular complexity index is 966. The molecule has 0 radical (unpaired) electrons. The summed E-state index contributed by atoms with van der Waals surface area (Å²) in [6.07, 6.45) is 0.0115. The van der Waals surface area contributed by atoms with Crippen molar-refractivity contribution in [2.75, 3.05) is 18.5 Å². The molecule has 1 heterocycles. The second kappa shape index (κ2) is 9.75. The summed E-state index contributed by atoms with van der Waals surface area (Å²) >= 11 is 0. The average Bonchev–Trinajstić information content (AvgIpc) is 2.94. The molecule has 0 saturated heterocycles. The lowest BCUT2D eigenvalue weighted by atomic mass is 10.0. The van der Waals surface area contributed by atoms with Gasteiger partial charge >= 0.3 is 0 Å². The standard InChI is InChI=1S/C24H27FN2O4/c1-15(2)30-14-13-27-23(28)21(17-5-11-20(12-6-17)31-16(3)4)22(24(27)29)26-19-9-7-18(25)8-10-19/h5-12,15-16,26H,13-14H2,1-4H3. The van der Waals surface area contributed by atoms with Gasteiger partial charge < -0.3 is 14.8 Å². The van der Waals surface area contributed by atoms with E-state index in [0.29, 0.717) is 17.0 Å². The number of nitrogens with one attached hydrogen (secondary N) is 1. The highest BCUT2D eigenvalue weighted by Crippen LogP contribution is 2.31. The maximum absolute atomic E-state index is 13.3. The van der Waals surface area contributed by atoms with Crippen molar-refractivity contribution in [3.63, 3.8) is 0 Å². The normalized spacial score (nSPS) is 14.2. The van der Waals surface area contributed by atoms with Gasteiger partial charge in [0, 0.05) is 5.69 Å². The second-order valence-electron chi connectivity index (χ2n) is 7.75. The number of ether oxygens (including phenoxy) is 2. The second-order valence-corrected chi connectivity index (χ2v) is 7.75. The van der Waals surface area contributed by atoms with E-state index in [9.17, 15) is 14.0 Å². The van der Waals surface area contributed by atoms with Gasteiger partial charge in [-0.15, -0.1) is 0 Å². The van der Waals surface area contributed by atoms with Crippen LogP contribution >= 0.6 is 0 Å². The minimum absolute atomic E-state index is 0.00875. The number of carbonyl (C=O) groups is 2. The van der Waals surface area contributed by atoms with E-state index >= 15 is 0 Å². The molecule has 0 spiro atoms. The molecule has 0 fully saturated rings. The first-order chi connectivity index (χ1) is 14.8. The van der Waals surface area contributed by atoms with Crippen LogP contribution in [0.3, 0.4) is 0 Å². The molecule has 0 aromatic heterocycles. The monoisotopic (exact) mass is 426 g/mol. The van der Waals surface area contributed by atoms with Crippen LogP contribution in [0.1, 0.15) is 33.3 Å². The summed E-state index contributed by atoms with van der Waals surface area (Å²) in [4.78, 5) is 27.4. The highest BCUT2D eigenvalue weighted by molar-refractivity contribution is 6.36. The first-order valence-corrected chi connectivity index (χ1v) is 10.3. The molecule has 6 nitrogen and oxygen atoms in total. The van der Waals surface area contributed by atoms with Gasteiger partial charge in [0.1, 0.15) is 17.3 Å². The maximum Gasteiger partial charge on any atom is 0.278 e. The molecule has 0 unspecified atom stereocenters. The minimum Gasteiger partial charge on any atom is -0.491 e. The van der Waals surface area contributed by atoms with Crippen molar-refractivity contribution in [1.82, 2.24) is 4.90 Å². The largest absolute Gasteiger partial charge is 0.491 e. The van der Waals surface area contributed by atoms with Crippen LogP contribution in [0.25, 0.3) is 5.57 Å². The van der Waals surface area contributed by atoms with Crippen LogP contribution in [-0.2, 0) is 14.3 Å². The number of imide groups is 1. The molecule has 0 saturated carbocycles. The maximum atomic E-state index is 13.3. The third-order valence-corrected chi connectivity index (χ3v) is 4.56. The Morgan fingerprint density at radius 2 is 1.55 bits per heavy atom. The Kier molecular flexibility index (Phi) is 7.07. The molecule has 0 atom stereocenters. The molecule has 0 aliphatic carbocycles. The highest BCUT2D eigenvalue weighted by Gasteiger charge is 2.39. The summed E-state index contributed by atoms with van der Waals surface area (Å²) in [6, 6.07) is 12.6. The lowest BCUT2D eigenvalue weighted by Gasteiger charge is -2.16. The zero-order chi connectivity index (χ0) is 22.5. The van der Waals surface area contributed by atoms with E-state index in [2.05, 4.69) is 5.32 Å². The van der Waals surface area contributed by atoms with Crippen molar-refractivity contribution in [2.24, 2.45) is 0 Å². The smallest absolute Gasteiger partial charge is 0.278 e. The van der Waals surface area contributed by atoms with Crippen molar-refractivity contribution in [3.05, 3.63) is 65.6 Å². The van der Waals surface area contributed by atoms with E-state index in [1.807, 2.05) is 27.7 Å². The molecule has 164 valence electrons. The van der Waals surface area contributed by atoms with Gasteiger partial charge in [-0.05, 0) is 69.7 Å². The molecule has 2 amide bonds. The van der Waals surface area contributed by atoms with Crippen LogP contribution in [0.15, 0.2) is 54.2 Å². The fourth-order valence-corrected chi connectivity index (χ4v) is 3.19. The molecule has 31 heavy (non-hydrogen) atoms. The van der Waals surface area contributed by atoms with Crippen molar-refractivity contribution in [2.45, 2.75) is 39.9 Å². The summed E-state index contributed by atoms with van der Waals surface area (Å²) in [7, 11) is 0. The van der Waals surface area contributed by atoms with Gasteiger partial charge in [0.25, 0.3) is 11.8 Å². The van der Waals surface area contributed by atoms with E-state index in [0.717, 1.165) is 0 Å². The van der Waals surface area contributed by atoms with Gasteiger partial charge in [-0.25, -0.2) is 4.39 Å². The zero-order valence-corrected chi connectivity index (χ0v) is 18.1. The van der Waals surface area contributed by atoms with Gasteiger partial charge in [0.15, 0.2) is 0 Å². The molecule has 0 bridgehead atoms. The number of hydrogen-bond acceptors (Lipinski definition) is 5. The van der Waals surface area contributed by atoms with E-state index < -0.39 is 11.8 Å². The highest BCUT2D eigenvalue weighted by atomic mass is 19.1. The predicted octanol–water partition coefficient (Wildman–Crippen LogP) is 4.23. The lowest BCUT2D eigenvalue weighted by molar-refractivity contribution is -0.137. The van der Waals surface area contributed by atoms with Gasteiger partial charge in [0.05, 0.1) is 30.9 Å². The molecular weight excluding hydrogens is 399 g/mol. The van der Waals surface area contributed by atoms with Crippen LogP contribution in [0, 0.1) is 5.82 Å². The Balaban J connectivity index is 1.93. The minimum atomic E-state index is -0.445. The van der Waals surface area contributed by atoms with Crippen molar-refractivity contribution < 1.29 is 23.5 Å². The molecule has 7 heteroatoms. The van der Waals surface area contributed by atoms with Crippen LogP contribution in [0.2, 0.25) is 0 Å². The molecule has 1 aliphatic heterocycles. The molecule has 2 aromatic carbocycles. The Morgan fingerprint density at radius 3 is 2.13 bits per heavy atom. The summed E-state index contributed by atoms with van der Waals surface area (Å²) in [6.45, 7) is 8.02. The van der Waals surface area contributed by atoms with E-state index in [1.165, 1.54) is 29.2 Å². The van der Waals surface area contributed by atoms with Crippen LogP contribution in [-0.4, -0.2) is 42.1 Å². The number of anilines is 1. The fraction of sp³-hybridized carbons (Fsp3) is 0.333. The van der Waals surface area contributed by atoms with Crippen LogP contribution < -0.4 is 10.1 Å². The van der Waals surface area contributed by atoms with E-state index in [-0.39, 0.29) is 42.4 Å². The van der Waals surface area contributed by atoms with E-state index in [4.69, 9.17) is 9.47 Å². The van der Waals surface area contributed by atoms with Gasteiger partial charge in [-0.3, -0.25) is 14.5 Å². The average molecular weight is 426 g/mol. The molecule has 3 rings (SSSR count). The molecule has 2 aromatic rings. The Morgan fingerprint density at radius 1 is 0.903 bits per heavy atom. The summed E-state index contributed by atoms with van der Waals surface area (Å²) in [5.41, 5.74) is 1.51. The number of benzene rings is 2. The summed E-state index contributed by atoms with van der Waals surface area (Å²) in [5, 5.41) is 3.00. The van der Waals surface area contributed by atoms with Crippen LogP contribution in [0.4, 0.5) is 10.1 Å². The quantitative estimate of drug-likeness (QED) is 0.608. The SMILES string of the molecule is CC(C)OCCN1C(=O)C(Nc2ccc(F)cc2)=C(c2ccc(OC(C)C)cc2)C1=O. The number of hydrogen-bond donors (Lipinski definition) is 1. The molecule has 1 aliphatic rings. The summed E-state index contributed by atoms with van der Waals surface area (Å²) in [5.74, 6) is -0.563. The number of nitrogens with zero attached hydrogens (tertiary/aromatic N) is 1. The topological polar surface area (TPSA) is 67.9 Å². The van der Waals surface area contributed by atoms with Gasteiger partial charge in [-0.2, -0.15) is 0 Å². The van der Waals surface area contributed by atoms with E-state index in [1.54, 1.807) is 24.3 Å². The van der Waals surface area contributed by atoms with Crippen molar-refractivity contribution >= 4 is 23.1 Å². The first kappa shape index (κ1) is 22.5. The number of amides is 2. The van der Waals surface area contributed by atoms with Crippen LogP contribution in [0.5, 0.6) is 5.75 Å². The van der Waals surface area contributed by atoms with Gasteiger partial charge in [-0.1, -0.05) is 12.1 Å². The molecule has 1 N–H and O–H groups in total. The fourth-order valence-electron chi connectivity index (χ4n) is 3.19. The molecular formula is C24H27FN2O4. The Hall–Kier alpha value is -3.19. The number of halogens is 1. The Labute approximate surface area is 181 Å².